The van der Waals surface area contributed by atoms with Crippen LogP contribution in [0.25, 0.3) is 0 Å². The maximum absolute atomic E-state index is 11.2. The SMILES string of the molecule is CC(N)C(=O)c1ccc(O)cc1. The molecule has 3 heteroatoms. The largest absolute Gasteiger partial charge is 0.508 e. The average Bonchev–Trinajstić information content (AvgIpc) is 2.04. The van der Waals surface area contributed by atoms with Crippen LogP contribution in [-0.4, -0.2) is 16.9 Å². The average molecular weight is 165 g/mol. The molecule has 0 aliphatic heterocycles. The third-order valence-corrected chi connectivity index (χ3v) is 1.57. The van der Waals surface area contributed by atoms with E-state index >= 15 is 0 Å². The molecule has 0 radical (unpaired) electrons. The highest BCUT2D eigenvalue weighted by Crippen LogP contribution is 2.10. The van der Waals surface area contributed by atoms with Crippen molar-refractivity contribution in [2.75, 3.05) is 0 Å². The first kappa shape index (κ1) is 8.74. The lowest BCUT2D eigenvalue weighted by Gasteiger charge is -2.03. The van der Waals surface area contributed by atoms with Crippen LogP contribution in [0.2, 0.25) is 0 Å². The quantitative estimate of drug-likeness (QED) is 0.640. The Kier molecular flexibility index (Phi) is 2.45. The predicted octanol–water partition coefficient (Wildman–Crippen LogP) is 0.922. The monoisotopic (exact) mass is 165 g/mol. The molecular weight excluding hydrogens is 154 g/mol. The second-order valence-electron chi connectivity index (χ2n) is 2.70. The number of rotatable bonds is 2. The highest BCUT2D eigenvalue weighted by atomic mass is 16.3. The summed E-state index contributed by atoms with van der Waals surface area (Å²) in [5.74, 6) is 0.0335. The summed E-state index contributed by atoms with van der Waals surface area (Å²) in [5.41, 5.74) is 5.92. The van der Waals surface area contributed by atoms with Gasteiger partial charge < -0.3 is 10.8 Å². The Balaban J connectivity index is 2.90. The Labute approximate surface area is 70.8 Å². The second-order valence-corrected chi connectivity index (χ2v) is 2.70. The summed E-state index contributed by atoms with van der Waals surface area (Å²) in [7, 11) is 0. The minimum Gasteiger partial charge on any atom is -0.508 e. The van der Waals surface area contributed by atoms with Crippen LogP contribution in [0.4, 0.5) is 0 Å². The summed E-state index contributed by atoms with van der Waals surface area (Å²) >= 11 is 0. The third kappa shape index (κ3) is 1.83. The van der Waals surface area contributed by atoms with Gasteiger partial charge in [0.2, 0.25) is 0 Å². The lowest BCUT2D eigenvalue weighted by atomic mass is 10.1. The van der Waals surface area contributed by atoms with Crippen molar-refractivity contribution in [3.8, 4) is 5.75 Å². The Morgan fingerprint density at radius 1 is 1.42 bits per heavy atom. The van der Waals surface area contributed by atoms with Gasteiger partial charge in [0.25, 0.3) is 0 Å². The molecule has 3 nitrogen and oxygen atoms in total. The first-order chi connectivity index (χ1) is 5.61. The number of aromatic hydroxyl groups is 1. The fraction of sp³-hybridized carbons (Fsp3) is 0.222. The molecule has 0 saturated carbocycles. The normalized spacial score (nSPS) is 12.5. The summed E-state index contributed by atoms with van der Waals surface area (Å²) in [4.78, 5) is 11.2. The molecule has 0 aliphatic rings. The fourth-order valence-electron chi connectivity index (χ4n) is 0.889. The molecule has 64 valence electrons. The minimum absolute atomic E-state index is 0.116. The molecule has 0 aliphatic carbocycles. The molecule has 1 rings (SSSR count). The smallest absolute Gasteiger partial charge is 0.179 e. The van der Waals surface area contributed by atoms with Crippen molar-refractivity contribution in [1.82, 2.24) is 0 Å². The van der Waals surface area contributed by atoms with Crippen molar-refractivity contribution in [2.24, 2.45) is 5.73 Å². The molecule has 0 amide bonds. The van der Waals surface area contributed by atoms with E-state index in [9.17, 15) is 4.79 Å². The van der Waals surface area contributed by atoms with Gasteiger partial charge in [0.1, 0.15) is 5.75 Å². The van der Waals surface area contributed by atoms with E-state index in [1.54, 1.807) is 19.1 Å². The summed E-state index contributed by atoms with van der Waals surface area (Å²) in [5, 5.41) is 8.93. The number of hydrogen-bond donors (Lipinski definition) is 2. The van der Waals surface area contributed by atoms with E-state index in [1.807, 2.05) is 0 Å². The minimum atomic E-state index is -0.491. The Bertz CT molecular complexity index is 277. The molecule has 12 heavy (non-hydrogen) atoms. The zero-order chi connectivity index (χ0) is 9.14. The number of benzene rings is 1. The van der Waals surface area contributed by atoms with Gasteiger partial charge in [0.05, 0.1) is 6.04 Å². The van der Waals surface area contributed by atoms with Crippen LogP contribution in [0, 0.1) is 0 Å². The molecule has 3 N–H and O–H groups in total. The van der Waals surface area contributed by atoms with Crippen LogP contribution in [0.1, 0.15) is 17.3 Å². The summed E-state index contributed by atoms with van der Waals surface area (Å²) < 4.78 is 0. The lowest BCUT2D eigenvalue weighted by Crippen LogP contribution is -2.26. The van der Waals surface area contributed by atoms with Crippen molar-refractivity contribution in [3.05, 3.63) is 29.8 Å². The van der Waals surface area contributed by atoms with E-state index in [0.29, 0.717) is 5.56 Å². The molecule has 1 aromatic carbocycles. The molecule has 0 spiro atoms. The highest BCUT2D eigenvalue weighted by molar-refractivity contribution is 5.99. The van der Waals surface area contributed by atoms with E-state index < -0.39 is 6.04 Å². The maximum Gasteiger partial charge on any atom is 0.179 e. The number of phenols is 1. The van der Waals surface area contributed by atoms with Crippen molar-refractivity contribution in [2.45, 2.75) is 13.0 Å². The number of nitrogens with two attached hydrogens (primary N) is 1. The number of carbonyl (C=O) groups excluding carboxylic acids is 1. The Morgan fingerprint density at radius 3 is 2.33 bits per heavy atom. The van der Waals surface area contributed by atoms with E-state index in [4.69, 9.17) is 10.8 Å². The number of phenolic OH excluding ortho intramolecular Hbond substituents is 1. The van der Waals surface area contributed by atoms with Gasteiger partial charge in [-0.2, -0.15) is 0 Å². The van der Waals surface area contributed by atoms with Gasteiger partial charge in [0.15, 0.2) is 5.78 Å². The first-order valence-electron chi connectivity index (χ1n) is 3.70. The fourth-order valence-corrected chi connectivity index (χ4v) is 0.889. The topological polar surface area (TPSA) is 63.3 Å². The van der Waals surface area contributed by atoms with Gasteiger partial charge >= 0.3 is 0 Å². The van der Waals surface area contributed by atoms with E-state index in [1.165, 1.54) is 12.1 Å². The van der Waals surface area contributed by atoms with Crippen molar-refractivity contribution >= 4 is 5.78 Å². The Hall–Kier alpha value is -1.35. The number of ketones is 1. The van der Waals surface area contributed by atoms with Crippen LogP contribution >= 0.6 is 0 Å². The Morgan fingerprint density at radius 2 is 1.92 bits per heavy atom. The maximum atomic E-state index is 11.2. The molecule has 1 aromatic rings. The highest BCUT2D eigenvalue weighted by Gasteiger charge is 2.09. The molecule has 1 atom stereocenters. The van der Waals surface area contributed by atoms with Crippen LogP contribution < -0.4 is 5.73 Å². The van der Waals surface area contributed by atoms with Crippen LogP contribution in [0.5, 0.6) is 5.75 Å². The molecule has 0 saturated heterocycles. The van der Waals surface area contributed by atoms with E-state index in [0.717, 1.165) is 0 Å². The molecule has 1 unspecified atom stereocenters. The zero-order valence-corrected chi connectivity index (χ0v) is 6.82. The third-order valence-electron chi connectivity index (χ3n) is 1.57. The number of carbonyl (C=O) groups is 1. The summed E-state index contributed by atoms with van der Waals surface area (Å²) in [6, 6.07) is 5.56. The van der Waals surface area contributed by atoms with Crippen LogP contribution in [0.3, 0.4) is 0 Å². The van der Waals surface area contributed by atoms with Gasteiger partial charge in [-0.3, -0.25) is 4.79 Å². The van der Waals surface area contributed by atoms with Crippen molar-refractivity contribution < 1.29 is 9.90 Å². The summed E-state index contributed by atoms with van der Waals surface area (Å²) in [6.45, 7) is 1.63. The second kappa shape index (κ2) is 3.36. The number of hydrogen-bond acceptors (Lipinski definition) is 3. The van der Waals surface area contributed by atoms with Gasteiger partial charge in [0, 0.05) is 5.56 Å². The van der Waals surface area contributed by atoms with Crippen molar-refractivity contribution in [3.63, 3.8) is 0 Å². The van der Waals surface area contributed by atoms with E-state index in [-0.39, 0.29) is 11.5 Å². The lowest BCUT2D eigenvalue weighted by molar-refractivity contribution is 0.0968. The molecule has 0 heterocycles. The molecule has 0 aromatic heterocycles. The molecule has 0 fully saturated rings. The zero-order valence-electron chi connectivity index (χ0n) is 6.82. The van der Waals surface area contributed by atoms with Crippen molar-refractivity contribution in [1.29, 1.82) is 0 Å². The van der Waals surface area contributed by atoms with Gasteiger partial charge in [-0.1, -0.05) is 0 Å². The van der Waals surface area contributed by atoms with Gasteiger partial charge in [-0.05, 0) is 31.2 Å². The predicted molar refractivity (Wildman–Crippen MR) is 46.1 cm³/mol. The molecule has 0 bridgehead atoms. The van der Waals surface area contributed by atoms with Gasteiger partial charge in [-0.25, -0.2) is 0 Å². The first-order valence-corrected chi connectivity index (χ1v) is 3.70. The summed E-state index contributed by atoms with van der Waals surface area (Å²) in [6.07, 6.45) is 0. The van der Waals surface area contributed by atoms with Gasteiger partial charge in [-0.15, -0.1) is 0 Å². The van der Waals surface area contributed by atoms with E-state index in [2.05, 4.69) is 0 Å². The standard InChI is InChI=1S/C9H11NO2/c1-6(10)9(12)7-2-4-8(11)5-3-7/h2-6,11H,10H2,1H3. The number of Topliss-reactive ketones (excluding diaryl/α,β-unsaturated/α-hetero) is 1. The van der Waals surface area contributed by atoms with Crippen LogP contribution in [-0.2, 0) is 0 Å². The molecular formula is C9H11NO2. The van der Waals surface area contributed by atoms with Crippen LogP contribution in [0.15, 0.2) is 24.3 Å².